The van der Waals surface area contributed by atoms with E-state index in [1.807, 2.05) is 0 Å². The number of hydrogen-bond acceptors (Lipinski definition) is 4. The zero-order valence-electron chi connectivity index (χ0n) is 9.18. The molecule has 1 aromatic rings. The first kappa shape index (κ1) is 10.9. The van der Waals surface area contributed by atoms with Crippen LogP contribution in [0.4, 0.5) is 0 Å². The van der Waals surface area contributed by atoms with E-state index in [-0.39, 0.29) is 5.91 Å². The van der Waals surface area contributed by atoms with Crippen molar-refractivity contribution in [2.75, 3.05) is 20.3 Å². The molecule has 2 rings (SSSR count). The van der Waals surface area contributed by atoms with E-state index in [4.69, 9.17) is 9.57 Å². The van der Waals surface area contributed by atoms with E-state index in [9.17, 15) is 4.79 Å². The third-order valence-corrected chi connectivity index (χ3v) is 2.46. The summed E-state index contributed by atoms with van der Waals surface area (Å²) in [5.41, 5.74) is 0.486. The van der Waals surface area contributed by atoms with Gasteiger partial charge in [0, 0.05) is 12.7 Å². The van der Waals surface area contributed by atoms with Crippen molar-refractivity contribution in [1.29, 1.82) is 0 Å². The maximum Gasteiger partial charge on any atom is 0.281 e. The predicted octanol–water partition coefficient (Wildman–Crippen LogP) is 1.26. The number of carbonyl (C=O) groups is 1. The van der Waals surface area contributed by atoms with Gasteiger partial charge in [0.2, 0.25) is 0 Å². The summed E-state index contributed by atoms with van der Waals surface area (Å²) in [5, 5.41) is 1.39. The summed E-state index contributed by atoms with van der Waals surface area (Å²) in [5.74, 6) is 0.306. The van der Waals surface area contributed by atoms with E-state index in [2.05, 4.69) is 4.98 Å². The molecule has 0 radical (unpaired) electrons. The highest BCUT2D eigenvalue weighted by atomic mass is 16.7. The third kappa shape index (κ3) is 2.14. The van der Waals surface area contributed by atoms with E-state index in [1.165, 1.54) is 18.4 Å². The summed E-state index contributed by atoms with van der Waals surface area (Å²) in [4.78, 5) is 21.3. The van der Waals surface area contributed by atoms with Gasteiger partial charge in [0.15, 0.2) is 0 Å². The van der Waals surface area contributed by atoms with Crippen LogP contribution in [0.5, 0.6) is 5.75 Å². The van der Waals surface area contributed by atoms with Crippen molar-refractivity contribution in [2.45, 2.75) is 12.8 Å². The average molecular weight is 222 g/mol. The number of carbonyl (C=O) groups excluding carboxylic acids is 1. The molecule has 5 heteroatoms. The first-order chi connectivity index (χ1) is 7.83. The Bertz CT molecular complexity index is 375. The quantitative estimate of drug-likeness (QED) is 0.755. The van der Waals surface area contributed by atoms with Gasteiger partial charge in [0.05, 0.1) is 25.5 Å². The summed E-state index contributed by atoms with van der Waals surface area (Å²) in [6, 6.07) is 1.64. The second-order valence-corrected chi connectivity index (χ2v) is 3.52. The van der Waals surface area contributed by atoms with E-state index in [0.717, 1.165) is 12.8 Å². The number of aromatic nitrogens is 1. The van der Waals surface area contributed by atoms with E-state index in [0.29, 0.717) is 24.5 Å². The maximum atomic E-state index is 12.1. The van der Waals surface area contributed by atoms with Gasteiger partial charge in [-0.05, 0) is 18.9 Å². The summed E-state index contributed by atoms with van der Waals surface area (Å²) < 4.78 is 5.09. The van der Waals surface area contributed by atoms with Crippen LogP contribution in [-0.2, 0) is 4.84 Å². The largest absolute Gasteiger partial charge is 0.494 e. The lowest BCUT2D eigenvalue weighted by Gasteiger charge is -2.26. The molecule has 0 bridgehead atoms. The average Bonchev–Trinajstić information content (AvgIpc) is 2.39. The van der Waals surface area contributed by atoms with Gasteiger partial charge < -0.3 is 4.74 Å². The summed E-state index contributed by atoms with van der Waals surface area (Å²) in [6.45, 7) is 1.23. The molecule has 0 aliphatic carbocycles. The van der Waals surface area contributed by atoms with Crippen LogP contribution >= 0.6 is 0 Å². The topological polar surface area (TPSA) is 51.7 Å². The van der Waals surface area contributed by atoms with Crippen molar-refractivity contribution in [2.24, 2.45) is 0 Å². The number of hydrogen-bond donors (Lipinski definition) is 0. The minimum atomic E-state index is -0.168. The molecule has 0 atom stereocenters. The molecule has 1 saturated heterocycles. The SMILES string of the molecule is COc1cnccc1C(=O)N1CCCCO1. The van der Waals surface area contributed by atoms with Gasteiger partial charge in [0.1, 0.15) is 5.75 Å². The van der Waals surface area contributed by atoms with Crippen LogP contribution in [0, 0.1) is 0 Å². The molecule has 86 valence electrons. The van der Waals surface area contributed by atoms with Crippen molar-refractivity contribution in [3.05, 3.63) is 24.0 Å². The minimum Gasteiger partial charge on any atom is -0.494 e. The molecule has 1 aliphatic heterocycles. The minimum absolute atomic E-state index is 0.168. The molecule has 1 aromatic heterocycles. The Labute approximate surface area is 93.9 Å². The lowest BCUT2D eigenvalue weighted by molar-refractivity contribution is -0.144. The van der Waals surface area contributed by atoms with Crippen molar-refractivity contribution in [3.8, 4) is 5.75 Å². The Kier molecular flexibility index (Phi) is 3.36. The zero-order valence-corrected chi connectivity index (χ0v) is 9.18. The van der Waals surface area contributed by atoms with Gasteiger partial charge >= 0.3 is 0 Å². The van der Waals surface area contributed by atoms with Gasteiger partial charge in [-0.25, -0.2) is 5.06 Å². The van der Waals surface area contributed by atoms with Crippen molar-refractivity contribution in [1.82, 2.24) is 10.0 Å². The highest BCUT2D eigenvalue weighted by molar-refractivity contribution is 5.96. The number of pyridine rings is 1. The molecule has 1 aliphatic rings. The number of nitrogens with zero attached hydrogens (tertiary/aromatic N) is 2. The zero-order chi connectivity index (χ0) is 11.4. The molecule has 0 spiro atoms. The van der Waals surface area contributed by atoms with Crippen LogP contribution in [0.1, 0.15) is 23.2 Å². The molecule has 0 unspecified atom stereocenters. The van der Waals surface area contributed by atoms with Crippen molar-refractivity contribution >= 4 is 5.91 Å². The van der Waals surface area contributed by atoms with Crippen LogP contribution in [0.3, 0.4) is 0 Å². The lowest BCUT2D eigenvalue weighted by atomic mass is 10.2. The molecular formula is C11H14N2O3. The molecule has 1 fully saturated rings. The lowest BCUT2D eigenvalue weighted by Crippen LogP contribution is -2.35. The Balaban J connectivity index is 2.19. The fourth-order valence-electron chi connectivity index (χ4n) is 1.61. The monoisotopic (exact) mass is 222 g/mol. The summed E-state index contributed by atoms with van der Waals surface area (Å²) in [6.07, 6.45) is 5.06. The van der Waals surface area contributed by atoms with Crippen LogP contribution in [0.2, 0.25) is 0 Å². The maximum absolute atomic E-state index is 12.1. The normalized spacial score (nSPS) is 15.9. The molecule has 0 aromatic carbocycles. The Hall–Kier alpha value is -1.62. The molecule has 0 saturated carbocycles. The fourth-order valence-corrected chi connectivity index (χ4v) is 1.61. The van der Waals surface area contributed by atoms with Gasteiger partial charge in [-0.3, -0.25) is 14.6 Å². The Morgan fingerprint density at radius 3 is 3.12 bits per heavy atom. The number of methoxy groups -OCH3 is 1. The summed E-state index contributed by atoms with van der Waals surface area (Å²) >= 11 is 0. The first-order valence-electron chi connectivity index (χ1n) is 5.25. The molecule has 0 N–H and O–H groups in total. The van der Waals surface area contributed by atoms with Crippen molar-refractivity contribution in [3.63, 3.8) is 0 Å². The number of amides is 1. The fraction of sp³-hybridized carbons (Fsp3) is 0.455. The van der Waals surface area contributed by atoms with Gasteiger partial charge in [0.25, 0.3) is 5.91 Å². The smallest absolute Gasteiger partial charge is 0.281 e. The van der Waals surface area contributed by atoms with Crippen LogP contribution in [0.15, 0.2) is 18.5 Å². The molecule has 16 heavy (non-hydrogen) atoms. The van der Waals surface area contributed by atoms with Gasteiger partial charge in [-0.15, -0.1) is 0 Å². The predicted molar refractivity (Wildman–Crippen MR) is 57.0 cm³/mol. The molecule has 1 amide bonds. The third-order valence-electron chi connectivity index (χ3n) is 2.46. The second kappa shape index (κ2) is 4.94. The van der Waals surface area contributed by atoms with Gasteiger partial charge in [-0.2, -0.15) is 0 Å². The second-order valence-electron chi connectivity index (χ2n) is 3.52. The standard InChI is InChI=1S/C11H14N2O3/c1-15-10-8-12-5-4-9(10)11(14)13-6-2-3-7-16-13/h4-5,8H,2-3,6-7H2,1H3. The summed E-state index contributed by atoms with van der Waals surface area (Å²) in [7, 11) is 1.52. The molecule has 5 nitrogen and oxygen atoms in total. The van der Waals surface area contributed by atoms with Crippen molar-refractivity contribution < 1.29 is 14.4 Å². The highest BCUT2D eigenvalue weighted by Crippen LogP contribution is 2.19. The van der Waals surface area contributed by atoms with Crippen LogP contribution < -0.4 is 4.74 Å². The first-order valence-corrected chi connectivity index (χ1v) is 5.25. The highest BCUT2D eigenvalue weighted by Gasteiger charge is 2.22. The molecule has 2 heterocycles. The number of hydroxylamine groups is 2. The molecular weight excluding hydrogens is 208 g/mol. The Morgan fingerprint density at radius 2 is 2.44 bits per heavy atom. The number of rotatable bonds is 2. The van der Waals surface area contributed by atoms with E-state index < -0.39 is 0 Å². The number of ether oxygens (including phenoxy) is 1. The van der Waals surface area contributed by atoms with E-state index >= 15 is 0 Å². The van der Waals surface area contributed by atoms with E-state index in [1.54, 1.807) is 12.3 Å². The Morgan fingerprint density at radius 1 is 1.56 bits per heavy atom. The van der Waals surface area contributed by atoms with Crippen LogP contribution in [0.25, 0.3) is 0 Å². The van der Waals surface area contributed by atoms with Crippen LogP contribution in [-0.4, -0.2) is 36.2 Å². The van der Waals surface area contributed by atoms with Gasteiger partial charge in [-0.1, -0.05) is 0 Å².